The van der Waals surface area contributed by atoms with Crippen LogP contribution in [0.5, 0.6) is 5.75 Å². The van der Waals surface area contributed by atoms with E-state index >= 15 is 0 Å². The van der Waals surface area contributed by atoms with E-state index in [1.807, 2.05) is 0 Å². The summed E-state index contributed by atoms with van der Waals surface area (Å²) < 4.78 is 5.47. The molecule has 0 saturated heterocycles. The van der Waals surface area contributed by atoms with E-state index < -0.39 is 0 Å². The largest absolute Gasteiger partial charge is 0.493 e. The van der Waals surface area contributed by atoms with Crippen LogP contribution in [-0.4, -0.2) is 19.2 Å². The monoisotopic (exact) mass is 217 g/mol. The average molecular weight is 217 g/mol. The lowest BCUT2D eigenvalue weighted by Gasteiger charge is -2.03. The van der Waals surface area contributed by atoms with Gasteiger partial charge in [-0.3, -0.25) is 0 Å². The van der Waals surface area contributed by atoms with E-state index in [2.05, 4.69) is 49.5 Å². The Morgan fingerprint density at radius 1 is 1.44 bits per heavy atom. The Balaban J connectivity index is 1.94. The van der Waals surface area contributed by atoms with E-state index in [-0.39, 0.29) is 0 Å². The summed E-state index contributed by atoms with van der Waals surface area (Å²) in [5.74, 6) is 1.05. The number of hydrogen-bond acceptors (Lipinski definition) is 2. The fraction of sp³-hybridized carbons (Fsp3) is 0.429. The van der Waals surface area contributed by atoms with Crippen molar-refractivity contribution in [1.29, 1.82) is 0 Å². The second kappa shape index (κ2) is 5.17. The molecule has 0 unspecified atom stereocenters. The van der Waals surface area contributed by atoms with E-state index in [1.165, 1.54) is 11.1 Å². The van der Waals surface area contributed by atoms with E-state index in [0.717, 1.165) is 25.3 Å². The minimum atomic E-state index is 0.540. The lowest BCUT2D eigenvalue weighted by Crippen LogP contribution is -2.22. The van der Waals surface area contributed by atoms with Crippen LogP contribution in [-0.2, 0) is 6.42 Å². The van der Waals surface area contributed by atoms with Crippen LogP contribution in [0.3, 0.4) is 0 Å². The van der Waals surface area contributed by atoms with Crippen LogP contribution in [0, 0.1) is 0 Å². The van der Waals surface area contributed by atoms with Crippen LogP contribution in [0.2, 0.25) is 0 Å². The predicted octanol–water partition coefficient (Wildman–Crippen LogP) is 2.63. The maximum Gasteiger partial charge on any atom is 0.122 e. The second-order valence-corrected chi connectivity index (χ2v) is 4.43. The summed E-state index contributed by atoms with van der Waals surface area (Å²) in [5.41, 5.74) is 2.59. The minimum Gasteiger partial charge on any atom is -0.493 e. The van der Waals surface area contributed by atoms with Gasteiger partial charge in [-0.1, -0.05) is 32.1 Å². The molecule has 86 valence electrons. The molecular formula is C14H19NO. The Labute approximate surface area is 97.3 Å². The van der Waals surface area contributed by atoms with E-state index in [4.69, 9.17) is 4.74 Å². The molecule has 1 aromatic rings. The van der Waals surface area contributed by atoms with Gasteiger partial charge in [0, 0.05) is 19.0 Å². The van der Waals surface area contributed by atoms with Crippen molar-refractivity contribution in [2.24, 2.45) is 0 Å². The zero-order valence-corrected chi connectivity index (χ0v) is 9.99. The van der Waals surface area contributed by atoms with E-state index in [9.17, 15) is 0 Å². The number of benzene rings is 1. The molecule has 2 rings (SSSR count). The summed E-state index contributed by atoms with van der Waals surface area (Å²) in [6, 6.07) is 6.93. The molecule has 0 bridgehead atoms. The average Bonchev–Trinajstić information content (AvgIpc) is 2.71. The molecule has 0 spiro atoms. The van der Waals surface area contributed by atoms with Crippen molar-refractivity contribution in [3.05, 3.63) is 35.4 Å². The lowest BCUT2D eigenvalue weighted by molar-refractivity contribution is 0.357. The van der Waals surface area contributed by atoms with Gasteiger partial charge in [0.25, 0.3) is 0 Å². The smallest absolute Gasteiger partial charge is 0.122 e. The van der Waals surface area contributed by atoms with Gasteiger partial charge in [-0.25, -0.2) is 0 Å². The fourth-order valence-corrected chi connectivity index (χ4v) is 1.81. The molecule has 2 nitrogen and oxygen atoms in total. The van der Waals surface area contributed by atoms with Gasteiger partial charge in [0.05, 0.1) is 6.61 Å². The van der Waals surface area contributed by atoms with Crippen molar-refractivity contribution in [1.82, 2.24) is 5.32 Å². The number of fused-ring (bicyclic) bond motifs is 1. The van der Waals surface area contributed by atoms with Gasteiger partial charge in [-0.2, -0.15) is 0 Å². The van der Waals surface area contributed by atoms with Crippen LogP contribution in [0.4, 0.5) is 0 Å². The molecule has 0 fully saturated rings. The SMILES string of the molecule is CC(C)NCC=Cc1ccc2c(c1)CCO2. The first-order chi connectivity index (χ1) is 7.75. The van der Waals surface area contributed by atoms with E-state index in [0.29, 0.717) is 6.04 Å². The first-order valence-electron chi connectivity index (χ1n) is 5.91. The molecule has 1 aromatic carbocycles. The molecule has 0 amide bonds. The first-order valence-corrected chi connectivity index (χ1v) is 5.91. The number of rotatable bonds is 4. The van der Waals surface area contributed by atoms with Gasteiger partial charge in [0.15, 0.2) is 0 Å². The fourth-order valence-electron chi connectivity index (χ4n) is 1.81. The molecule has 0 aromatic heterocycles. The highest BCUT2D eigenvalue weighted by Gasteiger charge is 2.10. The Morgan fingerprint density at radius 2 is 2.31 bits per heavy atom. The van der Waals surface area contributed by atoms with Gasteiger partial charge < -0.3 is 10.1 Å². The topological polar surface area (TPSA) is 21.3 Å². The van der Waals surface area contributed by atoms with Crippen molar-refractivity contribution >= 4 is 6.08 Å². The maximum atomic E-state index is 5.47. The molecule has 0 radical (unpaired) electrons. The Kier molecular flexibility index (Phi) is 3.62. The predicted molar refractivity (Wildman–Crippen MR) is 67.8 cm³/mol. The second-order valence-electron chi connectivity index (χ2n) is 4.43. The molecule has 2 heteroatoms. The highest BCUT2D eigenvalue weighted by Crippen LogP contribution is 2.26. The minimum absolute atomic E-state index is 0.540. The highest BCUT2D eigenvalue weighted by molar-refractivity contribution is 5.54. The standard InChI is InChI=1S/C14H19NO/c1-11(2)15-8-3-4-12-5-6-14-13(10-12)7-9-16-14/h3-6,10-11,15H,7-9H2,1-2H3. The van der Waals surface area contributed by atoms with Crippen LogP contribution < -0.4 is 10.1 Å². The van der Waals surface area contributed by atoms with Crippen molar-refractivity contribution in [2.45, 2.75) is 26.3 Å². The lowest BCUT2D eigenvalue weighted by atomic mass is 10.1. The zero-order chi connectivity index (χ0) is 11.4. The summed E-state index contributed by atoms with van der Waals surface area (Å²) >= 11 is 0. The Hall–Kier alpha value is -1.28. The van der Waals surface area contributed by atoms with E-state index in [1.54, 1.807) is 0 Å². The molecule has 1 aliphatic rings. The van der Waals surface area contributed by atoms with Crippen LogP contribution in [0.1, 0.15) is 25.0 Å². The van der Waals surface area contributed by atoms with Crippen molar-refractivity contribution in [3.8, 4) is 5.75 Å². The molecular weight excluding hydrogens is 198 g/mol. The first kappa shape index (κ1) is 11.2. The van der Waals surface area contributed by atoms with Crippen molar-refractivity contribution in [3.63, 3.8) is 0 Å². The third-order valence-corrected chi connectivity index (χ3v) is 2.67. The summed E-state index contributed by atoms with van der Waals surface area (Å²) in [5, 5.41) is 3.36. The number of hydrogen-bond donors (Lipinski definition) is 1. The maximum absolute atomic E-state index is 5.47. The van der Waals surface area contributed by atoms with Crippen LogP contribution in [0.15, 0.2) is 24.3 Å². The zero-order valence-electron chi connectivity index (χ0n) is 9.99. The molecule has 0 saturated carbocycles. The summed E-state index contributed by atoms with van der Waals surface area (Å²) in [6.07, 6.45) is 5.37. The third kappa shape index (κ3) is 2.86. The normalized spacial score (nSPS) is 14.4. The molecule has 16 heavy (non-hydrogen) atoms. The van der Waals surface area contributed by atoms with Crippen molar-refractivity contribution in [2.75, 3.05) is 13.2 Å². The van der Waals surface area contributed by atoms with Gasteiger partial charge >= 0.3 is 0 Å². The molecule has 1 aliphatic heterocycles. The number of nitrogens with one attached hydrogen (secondary N) is 1. The number of ether oxygens (including phenoxy) is 1. The van der Waals surface area contributed by atoms with Crippen LogP contribution >= 0.6 is 0 Å². The third-order valence-electron chi connectivity index (χ3n) is 2.67. The Morgan fingerprint density at radius 3 is 3.12 bits per heavy atom. The van der Waals surface area contributed by atoms with Gasteiger partial charge in [0.2, 0.25) is 0 Å². The highest BCUT2D eigenvalue weighted by atomic mass is 16.5. The summed E-state index contributed by atoms with van der Waals surface area (Å²) in [4.78, 5) is 0. The quantitative estimate of drug-likeness (QED) is 0.837. The van der Waals surface area contributed by atoms with Crippen molar-refractivity contribution < 1.29 is 4.74 Å². The summed E-state index contributed by atoms with van der Waals surface area (Å²) in [6.45, 7) is 6.06. The molecule has 0 aliphatic carbocycles. The molecule has 0 atom stereocenters. The van der Waals surface area contributed by atoms with Crippen LogP contribution in [0.25, 0.3) is 6.08 Å². The molecule has 1 heterocycles. The van der Waals surface area contributed by atoms with Gasteiger partial charge in [-0.05, 0) is 23.3 Å². The summed E-state index contributed by atoms with van der Waals surface area (Å²) in [7, 11) is 0. The van der Waals surface area contributed by atoms with Gasteiger partial charge in [0.1, 0.15) is 5.75 Å². The van der Waals surface area contributed by atoms with Gasteiger partial charge in [-0.15, -0.1) is 0 Å². The Bertz CT molecular complexity index is 382. The molecule has 1 N–H and O–H groups in total.